The third-order valence-electron chi connectivity index (χ3n) is 6.40. The molecule has 1 atom stereocenters. The van der Waals surface area contributed by atoms with Crippen molar-refractivity contribution in [2.45, 2.75) is 19.4 Å². The fourth-order valence-electron chi connectivity index (χ4n) is 4.46. The molecule has 0 bridgehead atoms. The number of nitrogens with zero attached hydrogens (tertiary/aromatic N) is 1. The Morgan fingerprint density at radius 1 is 0.917 bits per heavy atom. The van der Waals surface area contributed by atoms with Crippen LogP contribution in [0.2, 0.25) is 0 Å². The smallest absolute Gasteiger partial charge is 0.337 e. The van der Waals surface area contributed by atoms with E-state index in [4.69, 9.17) is 14.2 Å². The molecule has 7 nitrogen and oxygen atoms in total. The van der Waals surface area contributed by atoms with Crippen molar-refractivity contribution in [2.24, 2.45) is 0 Å². The highest BCUT2D eigenvalue weighted by Crippen LogP contribution is 2.43. The molecule has 1 N–H and O–H groups in total. The van der Waals surface area contributed by atoms with E-state index in [2.05, 4.69) is 0 Å². The van der Waals surface area contributed by atoms with Crippen LogP contribution >= 0.6 is 0 Å². The lowest BCUT2D eigenvalue weighted by atomic mass is 9.92. The molecule has 0 unspecified atom stereocenters. The van der Waals surface area contributed by atoms with E-state index in [1.807, 2.05) is 49.4 Å². The number of hydrogen-bond donors (Lipinski definition) is 1. The van der Waals surface area contributed by atoms with E-state index in [1.165, 1.54) is 7.11 Å². The van der Waals surface area contributed by atoms with Gasteiger partial charge >= 0.3 is 5.97 Å². The van der Waals surface area contributed by atoms with Crippen molar-refractivity contribution in [3.8, 4) is 11.5 Å². The molecule has 0 saturated carbocycles. The van der Waals surface area contributed by atoms with Crippen LogP contribution in [0.3, 0.4) is 0 Å². The predicted molar refractivity (Wildman–Crippen MR) is 136 cm³/mol. The average molecular weight is 488 g/mol. The van der Waals surface area contributed by atoms with Gasteiger partial charge in [0, 0.05) is 12.1 Å². The highest BCUT2D eigenvalue weighted by Gasteiger charge is 2.40. The number of aliphatic hydroxyl groups is 1. The molecule has 1 aliphatic heterocycles. The van der Waals surface area contributed by atoms with Gasteiger partial charge in [0.2, 0.25) is 0 Å². The van der Waals surface area contributed by atoms with Gasteiger partial charge in [-0.3, -0.25) is 4.79 Å². The summed E-state index contributed by atoms with van der Waals surface area (Å²) in [6.07, 6.45) is 0.539. The van der Waals surface area contributed by atoms with Crippen LogP contribution < -0.4 is 9.47 Å². The van der Waals surface area contributed by atoms with Gasteiger partial charge in [-0.2, -0.15) is 0 Å². The summed E-state index contributed by atoms with van der Waals surface area (Å²) < 4.78 is 15.5. The molecule has 0 aromatic heterocycles. The van der Waals surface area contributed by atoms with Crippen LogP contribution in [0, 0.1) is 6.92 Å². The quantitative estimate of drug-likeness (QED) is 0.455. The SMILES string of the molecule is COC(=O)c1ccc([C@H]2C(c3ccc(C)cc3)=C(O)C(=O)N2CCc2ccc(OC)c(OC)c2)cc1. The number of benzene rings is 3. The molecule has 0 radical (unpaired) electrons. The van der Waals surface area contributed by atoms with Crippen molar-refractivity contribution < 1.29 is 28.9 Å². The number of ether oxygens (including phenoxy) is 3. The lowest BCUT2D eigenvalue weighted by Crippen LogP contribution is -2.32. The maximum absolute atomic E-state index is 13.3. The summed E-state index contributed by atoms with van der Waals surface area (Å²) in [6.45, 7) is 2.34. The fraction of sp³-hybridized carbons (Fsp3) is 0.241. The van der Waals surface area contributed by atoms with Gasteiger partial charge in [0.1, 0.15) is 0 Å². The lowest BCUT2D eigenvalue weighted by Gasteiger charge is -2.27. The number of rotatable bonds is 8. The average Bonchev–Trinajstić information content (AvgIpc) is 3.16. The number of carbonyl (C=O) groups is 2. The second-order valence-electron chi connectivity index (χ2n) is 8.58. The highest BCUT2D eigenvalue weighted by atomic mass is 16.5. The molecule has 0 saturated heterocycles. The van der Waals surface area contributed by atoms with E-state index < -0.39 is 17.9 Å². The summed E-state index contributed by atoms with van der Waals surface area (Å²) in [5.74, 6) is 0.0925. The molecule has 1 heterocycles. The van der Waals surface area contributed by atoms with Gasteiger partial charge < -0.3 is 24.2 Å². The molecule has 36 heavy (non-hydrogen) atoms. The lowest BCUT2D eigenvalue weighted by molar-refractivity contribution is -0.129. The van der Waals surface area contributed by atoms with Crippen LogP contribution in [0.25, 0.3) is 5.57 Å². The standard InChI is InChI=1S/C29H29NO6/c1-18-5-8-20(9-6-18)25-26(21-10-12-22(13-11-21)29(33)36-4)30(28(32)27(25)31)16-15-19-7-14-23(34-2)24(17-19)35-3/h5-14,17,26,31H,15-16H2,1-4H3/t26-/m0/s1. The van der Waals surface area contributed by atoms with Crippen molar-refractivity contribution in [3.63, 3.8) is 0 Å². The maximum atomic E-state index is 13.3. The number of amides is 1. The number of aryl methyl sites for hydroxylation is 1. The van der Waals surface area contributed by atoms with Crippen molar-refractivity contribution in [2.75, 3.05) is 27.9 Å². The Morgan fingerprint density at radius 2 is 1.58 bits per heavy atom. The molecule has 0 fully saturated rings. The first-order valence-electron chi connectivity index (χ1n) is 11.6. The van der Waals surface area contributed by atoms with Crippen LogP contribution in [0.5, 0.6) is 11.5 Å². The summed E-state index contributed by atoms with van der Waals surface area (Å²) in [5.41, 5.74) is 4.53. The normalized spacial score (nSPS) is 15.3. The van der Waals surface area contributed by atoms with Crippen molar-refractivity contribution in [1.82, 2.24) is 4.90 Å². The summed E-state index contributed by atoms with van der Waals surface area (Å²) >= 11 is 0. The zero-order chi connectivity index (χ0) is 25.8. The van der Waals surface area contributed by atoms with Gasteiger partial charge in [0.25, 0.3) is 5.91 Å². The number of methoxy groups -OCH3 is 3. The minimum absolute atomic E-state index is 0.270. The summed E-state index contributed by atoms with van der Waals surface area (Å²) in [7, 11) is 4.49. The van der Waals surface area contributed by atoms with Crippen molar-refractivity contribution in [3.05, 3.63) is 100 Å². The number of carbonyl (C=O) groups excluding carboxylic acids is 2. The predicted octanol–water partition coefficient (Wildman–Crippen LogP) is 4.89. The Labute approximate surface area is 210 Å². The molecule has 1 aliphatic rings. The third kappa shape index (κ3) is 4.77. The molecule has 4 rings (SSSR count). The Morgan fingerprint density at radius 3 is 2.19 bits per heavy atom. The van der Waals surface area contributed by atoms with Crippen LogP contribution in [-0.4, -0.2) is 49.8 Å². The number of hydrogen-bond acceptors (Lipinski definition) is 6. The minimum Gasteiger partial charge on any atom is -0.503 e. The largest absolute Gasteiger partial charge is 0.503 e. The van der Waals surface area contributed by atoms with E-state index in [1.54, 1.807) is 43.4 Å². The molecule has 3 aromatic carbocycles. The van der Waals surface area contributed by atoms with E-state index >= 15 is 0 Å². The van der Waals surface area contributed by atoms with Gasteiger partial charge in [-0.05, 0) is 54.3 Å². The topological polar surface area (TPSA) is 85.3 Å². The molecule has 0 aliphatic carbocycles. The Hall–Kier alpha value is -4.26. The van der Waals surface area contributed by atoms with E-state index in [-0.39, 0.29) is 5.76 Å². The van der Waals surface area contributed by atoms with E-state index in [0.717, 1.165) is 22.3 Å². The Bertz CT molecular complexity index is 1290. The van der Waals surface area contributed by atoms with Gasteiger partial charge in [-0.15, -0.1) is 0 Å². The zero-order valence-corrected chi connectivity index (χ0v) is 20.8. The summed E-state index contributed by atoms with van der Waals surface area (Å²) in [5, 5.41) is 11.0. The second-order valence-corrected chi connectivity index (χ2v) is 8.58. The van der Waals surface area contributed by atoms with E-state index in [0.29, 0.717) is 35.6 Å². The van der Waals surface area contributed by atoms with Gasteiger partial charge in [-0.25, -0.2) is 4.79 Å². The number of esters is 1. The van der Waals surface area contributed by atoms with Crippen LogP contribution in [0.15, 0.2) is 72.5 Å². The monoisotopic (exact) mass is 487 g/mol. The second kappa shape index (κ2) is 10.6. The van der Waals surface area contributed by atoms with Gasteiger partial charge in [0.15, 0.2) is 17.3 Å². The Balaban J connectivity index is 1.70. The molecule has 7 heteroatoms. The molecular weight excluding hydrogens is 458 g/mol. The molecule has 1 amide bonds. The fourth-order valence-corrected chi connectivity index (χ4v) is 4.46. The van der Waals surface area contributed by atoms with Crippen LogP contribution in [0.1, 0.15) is 38.7 Å². The molecule has 3 aromatic rings. The first-order valence-corrected chi connectivity index (χ1v) is 11.6. The minimum atomic E-state index is -0.521. The van der Waals surface area contributed by atoms with Gasteiger partial charge in [0.05, 0.1) is 32.9 Å². The van der Waals surface area contributed by atoms with Crippen LogP contribution in [0.4, 0.5) is 0 Å². The van der Waals surface area contributed by atoms with Gasteiger partial charge in [-0.1, -0.05) is 48.0 Å². The first kappa shape index (κ1) is 24.9. The Kier molecular flexibility index (Phi) is 7.29. The summed E-state index contributed by atoms with van der Waals surface area (Å²) in [6, 6.07) is 19.7. The third-order valence-corrected chi connectivity index (χ3v) is 6.40. The maximum Gasteiger partial charge on any atom is 0.337 e. The van der Waals surface area contributed by atoms with Crippen molar-refractivity contribution in [1.29, 1.82) is 0 Å². The first-order chi connectivity index (χ1) is 17.4. The number of aliphatic hydroxyl groups excluding tert-OH is 1. The van der Waals surface area contributed by atoms with Crippen LogP contribution in [-0.2, 0) is 16.0 Å². The van der Waals surface area contributed by atoms with E-state index in [9.17, 15) is 14.7 Å². The molecular formula is C29H29NO6. The summed E-state index contributed by atoms with van der Waals surface area (Å²) in [4.78, 5) is 26.9. The van der Waals surface area contributed by atoms with Crippen molar-refractivity contribution >= 4 is 17.4 Å². The molecule has 0 spiro atoms. The zero-order valence-electron chi connectivity index (χ0n) is 20.8. The molecule has 186 valence electrons. The highest BCUT2D eigenvalue weighted by molar-refractivity contribution is 6.05.